The van der Waals surface area contributed by atoms with E-state index in [9.17, 15) is 4.79 Å². The Labute approximate surface area is 162 Å². The standard InChI is InChI=1S/C17H16N6O2S2/c24-15-14-11(12-6-3-7-25-12)8-26-16(14)19-13(18-15)9-27-17-20-21-22-23(17)10-4-1-2-5-10/h3,6-8,10H,1-2,4-5,9H2,(H,18,19,24). The average Bonchev–Trinajstić information content (AvgIpc) is 3.47. The van der Waals surface area contributed by atoms with Crippen molar-refractivity contribution >= 4 is 33.3 Å². The molecule has 0 unspecified atom stereocenters. The molecule has 0 saturated heterocycles. The van der Waals surface area contributed by atoms with Crippen molar-refractivity contribution in [2.24, 2.45) is 0 Å². The van der Waals surface area contributed by atoms with Gasteiger partial charge in [0.1, 0.15) is 16.4 Å². The zero-order chi connectivity index (χ0) is 18.2. The first-order valence-corrected chi connectivity index (χ1v) is 10.6. The van der Waals surface area contributed by atoms with Crippen molar-refractivity contribution < 1.29 is 4.42 Å². The van der Waals surface area contributed by atoms with Crippen LogP contribution in [-0.2, 0) is 5.75 Å². The summed E-state index contributed by atoms with van der Waals surface area (Å²) in [4.78, 5) is 20.8. The second kappa shape index (κ2) is 6.93. The second-order valence-electron chi connectivity index (χ2n) is 6.45. The Hall–Kier alpha value is -2.46. The van der Waals surface area contributed by atoms with E-state index in [-0.39, 0.29) is 5.56 Å². The van der Waals surface area contributed by atoms with Crippen molar-refractivity contribution in [3.05, 3.63) is 40.0 Å². The summed E-state index contributed by atoms with van der Waals surface area (Å²) in [6.07, 6.45) is 6.27. The predicted octanol–water partition coefficient (Wildman–Crippen LogP) is 3.64. The third-order valence-corrected chi connectivity index (χ3v) is 6.57. The number of hydrogen-bond donors (Lipinski definition) is 1. The number of furan rings is 1. The van der Waals surface area contributed by atoms with Crippen molar-refractivity contribution in [2.45, 2.75) is 42.6 Å². The van der Waals surface area contributed by atoms with E-state index in [0.29, 0.717) is 33.6 Å². The number of thioether (sulfide) groups is 1. The largest absolute Gasteiger partial charge is 0.464 e. The summed E-state index contributed by atoms with van der Waals surface area (Å²) in [5.41, 5.74) is 0.622. The van der Waals surface area contributed by atoms with E-state index in [1.54, 1.807) is 12.3 Å². The molecule has 4 aromatic rings. The van der Waals surface area contributed by atoms with Gasteiger partial charge in [-0.3, -0.25) is 4.79 Å². The van der Waals surface area contributed by atoms with E-state index in [2.05, 4.69) is 25.5 Å². The molecule has 1 aliphatic carbocycles. The van der Waals surface area contributed by atoms with Gasteiger partial charge in [-0.15, -0.1) is 16.4 Å². The molecule has 8 nitrogen and oxygen atoms in total. The molecule has 0 atom stereocenters. The summed E-state index contributed by atoms with van der Waals surface area (Å²) < 4.78 is 7.34. The Bertz CT molecular complexity index is 1120. The summed E-state index contributed by atoms with van der Waals surface area (Å²) in [5, 5.41) is 15.3. The van der Waals surface area contributed by atoms with Gasteiger partial charge in [0.15, 0.2) is 0 Å². The van der Waals surface area contributed by atoms with Crippen LogP contribution < -0.4 is 5.56 Å². The van der Waals surface area contributed by atoms with Gasteiger partial charge in [0.2, 0.25) is 5.16 Å². The summed E-state index contributed by atoms with van der Waals surface area (Å²) in [6, 6.07) is 4.03. The van der Waals surface area contributed by atoms with E-state index < -0.39 is 0 Å². The molecular formula is C17H16N6O2S2. The summed E-state index contributed by atoms with van der Waals surface area (Å²) in [5.74, 6) is 1.80. The number of nitrogens with one attached hydrogen (secondary N) is 1. The fraction of sp³-hybridized carbons (Fsp3) is 0.353. The monoisotopic (exact) mass is 400 g/mol. The van der Waals surface area contributed by atoms with Gasteiger partial charge in [0.05, 0.1) is 23.4 Å². The molecule has 0 aliphatic heterocycles. The van der Waals surface area contributed by atoms with Crippen LogP contribution in [0.2, 0.25) is 0 Å². The second-order valence-corrected chi connectivity index (χ2v) is 8.25. The number of thiophene rings is 1. The van der Waals surface area contributed by atoms with Crippen LogP contribution in [0.1, 0.15) is 37.5 Å². The smallest absolute Gasteiger partial charge is 0.260 e. The van der Waals surface area contributed by atoms with Crippen LogP contribution in [0.5, 0.6) is 0 Å². The van der Waals surface area contributed by atoms with Crippen LogP contribution in [0.15, 0.2) is 38.1 Å². The number of rotatable bonds is 5. The fourth-order valence-corrected chi connectivity index (χ4v) is 5.23. The molecule has 0 spiro atoms. The molecule has 1 fully saturated rings. The molecule has 5 rings (SSSR count). The molecule has 10 heteroatoms. The molecule has 1 N–H and O–H groups in total. The zero-order valence-corrected chi connectivity index (χ0v) is 15.9. The van der Waals surface area contributed by atoms with Crippen LogP contribution in [0.3, 0.4) is 0 Å². The highest BCUT2D eigenvalue weighted by Crippen LogP contribution is 2.33. The van der Waals surface area contributed by atoms with E-state index in [1.807, 2.05) is 16.1 Å². The summed E-state index contributed by atoms with van der Waals surface area (Å²) in [7, 11) is 0. The van der Waals surface area contributed by atoms with E-state index >= 15 is 0 Å². The molecule has 4 heterocycles. The molecule has 0 aromatic carbocycles. The van der Waals surface area contributed by atoms with E-state index in [1.165, 1.54) is 35.9 Å². The Morgan fingerprint density at radius 2 is 2.26 bits per heavy atom. The SMILES string of the molecule is O=c1[nH]c(CSc2nnnn2C2CCCC2)nc2scc(-c3ccco3)c12. The lowest BCUT2D eigenvalue weighted by Gasteiger charge is -2.10. The topological polar surface area (TPSA) is 102 Å². The van der Waals surface area contributed by atoms with E-state index in [0.717, 1.165) is 23.6 Å². The lowest BCUT2D eigenvalue weighted by Crippen LogP contribution is -2.11. The Morgan fingerprint density at radius 1 is 1.37 bits per heavy atom. The predicted molar refractivity (Wildman–Crippen MR) is 103 cm³/mol. The van der Waals surface area contributed by atoms with Crippen molar-refractivity contribution in [3.63, 3.8) is 0 Å². The Kier molecular flexibility index (Phi) is 4.29. The Balaban J connectivity index is 1.40. The minimum atomic E-state index is -0.154. The maximum absolute atomic E-state index is 12.6. The minimum absolute atomic E-state index is 0.154. The molecule has 1 aliphatic rings. The van der Waals surface area contributed by atoms with Crippen LogP contribution in [0.4, 0.5) is 0 Å². The number of aromatic amines is 1. The highest BCUT2D eigenvalue weighted by molar-refractivity contribution is 7.98. The van der Waals surface area contributed by atoms with Gasteiger partial charge in [-0.1, -0.05) is 24.6 Å². The minimum Gasteiger partial charge on any atom is -0.464 e. The Morgan fingerprint density at radius 3 is 3.07 bits per heavy atom. The number of H-pyrrole nitrogens is 1. The molecule has 27 heavy (non-hydrogen) atoms. The first-order valence-electron chi connectivity index (χ1n) is 8.74. The van der Waals surface area contributed by atoms with Crippen LogP contribution in [0, 0.1) is 0 Å². The van der Waals surface area contributed by atoms with Gasteiger partial charge in [0.25, 0.3) is 5.56 Å². The van der Waals surface area contributed by atoms with Gasteiger partial charge >= 0.3 is 0 Å². The van der Waals surface area contributed by atoms with Crippen LogP contribution >= 0.6 is 23.1 Å². The third-order valence-electron chi connectivity index (χ3n) is 4.75. The normalized spacial score (nSPS) is 15.1. The van der Waals surface area contributed by atoms with Gasteiger partial charge in [-0.25, -0.2) is 9.67 Å². The molecule has 0 radical (unpaired) electrons. The molecule has 0 amide bonds. The fourth-order valence-electron chi connectivity index (χ4n) is 3.47. The third kappa shape index (κ3) is 3.08. The highest BCUT2D eigenvalue weighted by Gasteiger charge is 2.22. The number of aromatic nitrogens is 6. The number of fused-ring (bicyclic) bond motifs is 1. The molecule has 1 saturated carbocycles. The maximum atomic E-state index is 12.6. The molecule has 138 valence electrons. The van der Waals surface area contributed by atoms with Crippen LogP contribution in [0.25, 0.3) is 21.5 Å². The summed E-state index contributed by atoms with van der Waals surface area (Å²) >= 11 is 2.94. The number of hydrogen-bond acceptors (Lipinski definition) is 8. The molecule has 4 aromatic heterocycles. The highest BCUT2D eigenvalue weighted by atomic mass is 32.2. The van der Waals surface area contributed by atoms with E-state index in [4.69, 9.17) is 4.42 Å². The van der Waals surface area contributed by atoms with Gasteiger partial charge in [-0.05, 0) is 35.4 Å². The number of nitrogens with zero attached hydrogens (tertiary/aromatic N) is 5. The first kappa shape index (κ1) is 16.7. The molecular weight excluding hydrogens is 384 g/mol. The summed E-state index contributed by atoms with van der Waals surface area (Å²) in [6.45, 7) is 0. The van der Waals surface area contributed by atoms with Crippen molar-refractivity contribution in [3.8, 4) is 11.3 Å². The first-order chi connectivity index (χ1) is 13.3. The van der Waals surface area contributed by atoms with Crippen molar-refractivity contribution in [2.75, 3.05) is 0 Å². The van der Waals surface area contributed by atoms with Crippen LogP contribution in [-0.4, -0.2) is 30.2 Å². The maximum Gasteiger partial charge on any atom is 0.260 e. The lowest BCUT2D eigenvalue weighted by molar-refractivity contribution is 0.423. The van der Waals surface area contributed by atoms with Gasteiger partial charge < -0.3 is 9.40 Å². The van der Waals surface area contributed by atoms with Crippen molar-refractivity contribution in [1.82, 2.24) is 30.2 Å². The molecule has 0 bridgehead atoms. The van der Waals surface area contributed by atoms with Gasteiger partial charge in [-0.2, -0.15) is 0 Å². The lowest BCUT2D eigenvalue weighted by atomic mass is 10.2. The quantitative estimate of drug-likeness (QED) is 0.510. The van der Waals surface area contributed by atoms with Gasteiger partial charge in [0, 0.05) is 10.9 Å². The van der Waals surface area contributed by atoms with Crippen molar-refractivity contribution in [1.29, 1.82) is 0 Å². The average molecular weight is 400 g/mol. The zero-order valence-electron chi connectivity index (χ0n) is 14.3. The number of tetrazole rings is 1.